The molecule has 0 bridgehead atoms. The number of pyridine rings is 1. The summed E-state index contributed by atoms with van der Waals surface area (Å²) >= 11 is 0. The maximum Gasteiger partial charge on any atom is 0.159 e. The van der Waals surface area contributed by atoms with Crippen molar-refractivity contribution in [2.45, 2.75) is 25.3 Å². The second-order valence-electron chi connectivity index (χ2n) is 5.08. The van der Waals surface area contributed by atoms with Gasteiger partial charge in [-0.25, -0.2) is 4.98 Å². The van der Waals surface area contributed by atoms with Crippen LogP contribution in [0.4, 0.5) is 0 Å². The molecule has 2 aromatic rings. The summed E-state index contributed by atoms with van der Waals surface area (Å²) in [7, 11) is 0. The lowest BCUT2D eigenvalue weighted by Crippen LogP contribution is -2.42. The number of piperidine rings is 1. The molecule has 2 aromatic heterocycles. The quantitative estimate of drug-likeness (QED) is 0.876. The highest BCUT2D eigenvalue weighted by Gasteiger charge is 2.30. The number of nitrogens with zero attached hydrogens (tertiary/aromatic N) is 3. The fourth-order valence-electron chi connectivity index (χ4n) is 2.63. The summed E-state index contributed by atoms with van der Waals surface area (Å²) in [6, 6.07) is 5.96. The lowest BCUT2D eigenvalue weighted by Gasteiger charge is -2.36. The molecule has 3 heterocycles. The van der Waals surface area contributed by atoms with Gasteiger partial charge in [0, 0.05) is 24.1 Å². The van der Waals surface area contributed by atoms with Gasteiger partial charge >= 0.3 is 0 Å². The third-order valence-electron chi connectivity index (χ3n) is 3.80. The first-order chi connectivity index (χ1) is 8.80. The Morgan fingerprint density at radius 1 is 1.17 bits per heavy atom. The molecule has 0 radical (unpaired) electrons. The maximum absolute atomic E-state index is 4.49. The van der Waals surface area contributed by atoms with Gasteiger partial charge < -0.3 is 9.88 Å². The summed E-state index contributed by atoms with van der Waals surface area (Å²) in [6.07, 6.45) is 8.03. The van der Waals surface area contributed by atoms with Crippen LogP contribution >= 0.6 is 0 Å². The molecule has 0 atom stereocenters. The van der Waals surface area contributed by atoms with Gasteiger partial charge in [0.1, 0.15) is 5.69 Å². The van der Waals surface area contributed by atoms with E-state index in [9.17, 15) is 0 Å². The Morgan fingerprint density at radius 3 is 2.72 bits per heavy atom. The van der Waals surface area contributed by atoms with Gasteiger partial charge in [-0.3, -0.25) is 4.98 Å². The second-order valence-corrected chi connectivity index (χ2v) is 5.08. The highest BCUT2D eigenvalue weighted by molar-refractivity contribution is 5.49. The first-order valence-electron chi connectivity index (χ1n) is 6.46. The molecule has 0 saturated carbocycles. The van der Waals surface area contributed by atoms with E-state index in [-0.39, 0.29) is 5.54 Å². The zero-order chi connectivity index (χ0) is 12.4. The monoisotopic (exact) mass is 242 g/mol. The van der Waals surface area contributed by atoms with Crippen LogP contribution in [0.5, 0.6) is 0 Å². The SMILES string of the molecule is CC1(n2ccnc2-c2ccccn2)CCNCC1. The van der Waals surface area contributed by atoms with Crippen molar-refractivity contribution in [3.63, 3.8) is 0 Å². The van der Waals surface area contributed by atoms with Crippen molar-refractivity contribution in [2.75, 3.05) is 13.1 Å². The minimum atomic E-state index is 0.147. The van der Waals surface area contributed by atoms with Gasteiger partial charge in [-0.2, -0.15) is 0 Å². The molecule has 1 aliphatic rings. The van der Waals surface area contributed by atoms with E-state index < -0.39 is 0 Å². The zero-order valence-corrected chi connectivity index (χ0v) is 10.6. The van der Waals surface area contributed by atoms with Gasteiger partial charge in [-0.05, 0) is 45.0 Å². The molecule has 1 fully saturated rings. The highest BCUT2D eigenvalue weighted by atomic mass is 15.1. The van der Waals surface area contributed by atoms with Gasteiger partial charge in [0.15, 0.2) is 5.82 Å². The number of nitrogens with one attached hydrogen (secondary N) is 1. The molecule has 0 aromatic carbocycles. The van der Waals surface area contributed by atoms with Crippen molar-refractivity contribution in [1.82, 2.24) is 19.9 Å². The number of aromatic nitrogens is 3. The first kappa shape index (κ1) is 11.4. The average Bonchev–Trinajstić information content (AvgIpc) is 2.91. The molecule has 0 amide bonds. The van der Waals surface area contributed by atoms with E-state index >= 15 is 0 Å². The van der Waals surface area contributed by atoms with Crippen molar-refractivity contribution < 1.29 is 0 Å². The van der Waals surface area contributed by atoms with Crippen LogP contribution in [0.3, 0.4) is 0 Å². The van der Waals surface area contributed by atoms with Crippen molar-refractivity contribution in [1.29, 1.82) is 0 Å². The number of hydrogen-bond donors (Lipinski definition) is 1. The normalized spacial score (nSPS) is 18.7. The van der Waals surface area contributed by atoms with Crippen LogP contribution in [0.1, 0.15) is 19.8 Å². The number of rotatable bonds is 2. The van der Waals surface area contributed by atoms with Gasteiger partial charge in [-0.1, -0.05) is 6.07 Å². The minimum Gasteiger partial charge on any atom is -0.324 e. The summed E-state index contributed by atoms with van der Waals surface area (Å²) in [5, 5.41) is 3.41. The van der Waals surface area contributed by atoms with E-state index in [2.05, 4.69) is 33.0 Å². The van der Waals surface area contributed by atoms with Crippen LogP contribution in [0.2, 0.25) is 0 Å². The van der Waals surface area contributed by atoms with E-state index in [0.717, 1.165) is 37.4 Å². The van der Waals surface area contributed by atoms with Crippen LogP contribution in [-0.2, 0) is 5.54 Å². The molecule has 18 heavy (non-hydrogen) atoms. The molecule has 94 valence electrons. The largest absolute Gasteiger partial charge is 0.324 e. The summed E-state index contributed by atoms with van der Waals surface area (Å²) in [6.45, 7) is 4.44. The van der Waals surface area contributed by atoms with E-state index in [1.165, 1.54) is 0 Å². The Bertz CT molecular complexity index is 512. The number of imidazole rings is 1. The fourth-order valence-corrected chi connectivity index (χ4v) is 2.63. The van der Waals surface area contributed by atoms with E-state index in [1.807, 2.05) is 30.6 Å². The van der Waals surface area contributed by atoms with Crippen molar-refractivity contribution in [3.8, 4) is 11.5 Å². The lowest BCUT2D eigenvalue weighted by atomic mass is 9.90. The molecular weight excluding hydrogens is 224 g/mol. The third kappa shape index (κ3) is 1.93. The van der Waals surface area contributed by atoms with Gasteiger partial charge in [0.2, 0.25) is 0 Å². The third-order valence-corrected chi connectivity index (χ3v) is 3.80. The highest BCUT2D eigenvalue weighted by Crippen LogP contribution is 2.30. The maximum atomic E-state index is 4.49. The Kier molecular flexibility index (Phi) is 2.88. The topological polar surface area (TPSA) is 42.7 Å². The summed E-state index contributed by atoms with van der Waals surface area (Å²) in [4.78, 5) is 8.90. The molecule has 1 N–H and O–H groups in total. The van der Waals surface area contributed by atoms with Gasteiger partial charge in [0.05, 0.1) is 0 Å². The van der Waals surface area contributed by atoms with Gasteiger partial charge in [-0.15, -0.1) is 0 Å². The van der Waals surface area contributed by atoms with Crippen molar-refractivity contribution in [3.05, 3.63) is 36.8 Å². The molecule has 0 aliphatic carbocycles. The molecule has 1 aliphatic heterocycles. The minimum absolute atomic E-state index is 0.147. The van der Waals surface area contributed by atoms with Crippen LogP contribution in [0.15, 0.2) is 36.8 Å². The first-order valence-corrected chi connectivity index (χ1v) is 6.46. The Hall–Kier alpha value is -1.68. The molecule has 4 nitrogen and oxygen atoms in total. The summed E-state index contributed by atoms with van der Waals surface area (Å²) < 4.78 is 2.29. The molecule has 0 unspecified atom stereocenters. The van der Waals surface area contributed by atoms with Crippen molar-refractivity contribution in [2.24, 2.45) is 0 Å². The fraction of sp³-hybridized carbons (Fsp3) is 0.429. The van der Waals surface area contributed by atoms with E-state index in [1.54, 1.807) is 0 Å². The second kappa shape index (κ2) is 4.53. The molecular formula is C14H18N4. The van der Waals surface area contributed by atoms with Crippen LogP contribution in [0.25, 0.3) is 11.5 Å². The van der Waals surface area contributed by atoms with E-state index in [4.69, 9.17) is 0 Å². The summed E-state index contributed by atoms with van der Waals surface area (Å²) in [5.41, 5.74) is 1.09. The number of hydrogen-bond acceptors (Lipinski definition) is 3. The van der Waals surface area contributed by atoms with E-state index in [0.29, 0.717) is 0 Å². The predicted octanol–water partition coefficient (Wildman–Crippen LogP) is 2.04. The Morgan fingerprint density at radius 2 is 2.00 bits per heavy atom. The summed E-state index contributed by atoms with van der Waals surface area (Å²) in [5.74, 6) is 0.972. The smallest absolute Gasteiger partial charge is 0.159 e. The molecule has 1 saturated heterocycles. The van der Waals surface area contributed by atoms with Crippen LogP contribution < -0.4 is 5.32 Å². The average molecular weight is 242 g/mol. The van der Waals surface area contributed by atoms with Crippen LogP contribution in [-0.4, -0.2) is 27.6 Å². The Balaban J connectivity index is 2.01. The van der Waals surface area contributed by atoms with Crippen LogP contribution in [0, 0.1) is 0 Å². The lowest BCUT2D eigenvalue weighted by molar-refractivity contribution is 0.233. The molecule has 0 spiro atoms. The Labute approximate surface area is 107 Å². The standard InChI is InChI=1S/C14H18N4/c1-14(5-8-15-9-6-14)18-11-10-17-13(18)12-4-2-3-7-16-12/h2-4,7,10-11,15H,5-6,8-9H2,1H3. The molecule has 4 heteroatoms. The van der Waals surface area contributed by atoms with Crippen molar-refractivity contribution >= 4 is 0 Å². The zero-order valence-electron chi connectivity index (χ0n) is 10.6. The van der Waals surface area contributed by atoms with Gasteiger partial charge in [0.25, 0.3) is 0 Å². The predicted molar refractivity (Wildman–Crippen MR) is 71.2 cm³/mol. The molecule has 3 rings (SSSR count).